The van der Waals surface area contributed by atoms with Crippen LogP contribution in [-0.4, -0.2) is 20.9 Å². The molecule has 2 aromatic carbocycles. The topological polar surface area (TPSA) is 51.0 Å². The average molecular weight is 417 g/mol. The molecule has 0 atom stereocenters. The molecule has 1 amide bonds. The second-order valence-corrected chi connectivity index (χ2v) is 8.81. The monoisotopic (exact) mass is 416 g/mol. The van der Waals surface area contributed by atoms with E-state index in [9.17, 15) is 4.79 Å². The number of thiophene rings is 1. The molecule has 1 fully saturated rings. The molecule has 6 heteroatoms. The van der Waals surface area contributed by atoms with Crippen molar-refractivity contribution >= 4 is 34.0 Å². The van der Waals surface area contributed by atoms with Gasteiger partial charge in [0.15, 0.2) is 0 Å². The highest BCUT2D eigenvalue weighted by molar-refractivity contribution is 7.07. The normalized spacial score (nSPS) is 14.7. The number of hydrogen-bond donors (Lipinski definition) is 0. The molecule has 30 heavy (non-hydrogen) atoms. The smallest absolute Gasteiger partial charge is 0.249 e. The maximum Gasteiger partial charge on any atom is 0.249 e. The molecule has 0 N–H and O–H groups in total. The molecule has 5 nitrogen and oxygen atoms in total. The van der Waals surface area contributed by atoms with Crippen LogP contribution in [-0.2, 0) is 23.3 Å². The van der Waals surface area contributed by atoms with Crippen LogP contribution in [0, 0.1) is 0 Å². The standard InChI is InChI=1S/C24H24N4OS/c1-2-24(12-13-24)19-7-9-20(10-8-19)27(15-18-11-14-30-17-18)23(29)16-28-22-6-4-3-5-21(22)25-26-28/h3-11,14,17H,2,12-13,15-16H2,1H3. The summed E-state index contributed by atoms with van der Waals surface area (Å²) in [5.41, 5.74) is 5.47. The number of hydrogen-bond acceptors (Lipinski definition) is 4. The molecule has 1 aliphatic carbocycles. The van der Waals surface area contributed by atoms with E-state index in [0.29, 0.717) is 12.0 Å². The fourth-order valence-electron chi connectivity index (χ4n) is 4.13. The molecule has 0 radical (unpaired) electrons. The fourth-order valence-corrected chi connectivity index (χ4v) is 4.79. The van der Waals surface area contributed by atoms with E-state index in [4.69, 9.17) is 0 Å². The third-order valence-electron chi connectivity index (χ3n) is 6.25. The maximum atomic E-state index is 13.4. The van der Waals surface area contributed by atoms with Crippen molar-refractivity contribution in [2.45, 2.75) is 44.7 Å². The first-order chi connectivity index (χ1) is 14.7. The summed E-state index contributed by atoms with van der Waals surface area (Å²) in [6.45, 7) is 2.97. The van der Waals surface area contributed by atoms with Crippen molar-refractivity contribution in [3.63, 3.8) is 0 Å². The van der Waals surface area contributed by atoms with Gasteiger partial charge in [-0.15, -0.1) is 5.10 Å². The number of amides is 1. The van der Waals surface area contributed by atoms with Crippen LogP contribution in [0.15, 0.2) is 65.4 Å². The second-order valence-electron chi connectivity index (χ2n) is 8.03. The van der Waals surface area contributed by atoms with Crippen LogP contribution in [0.4, 0.5) is 5.69 Å². The fraction of sp³-hybridized carbons (Fsp3) is 0.292. The Morgan fingerprint density at radius 2 is 1.93 bits per heavy atom. The number of fused-ring (bicyclic) bond motifs is 1. The lowest BCUT2D eigenvalue weighted by Gasteiger charge is -2.24. The van der Waals surface area contributed by atoms with Gasteiger partial charge in [-0.05, 0) is 76.9 Å². The Labute approximate surface area is 179 Å². The van der Waals surface area contributed by atoms with Gasteiger partial charge in [0.1, 0.15) is 12.1 Å². The Balaban J connectivity index is 1.43. The van der Waals surface area contributed by atoms with E-state index < -0.39 is 0 Å². The van der Waals surface area contributed by atoms with Crippen LogP contribution in [0.5, 0.6) is 0 Å². The zero-order valence-electron chi connectivity index (χ0n) is 17.0. The predicted molar refractivity (Wildman–Crippen MR) is 121 cm³/mol. The van der Waals surface area contributed by atoms with Crippen molar-refractivity contribution in [3.05, 3.63) is 76.5 Å². The van der Waals surface area contributed by atoms with Crippen LogP contribution < -0.4 is 4.90 Å². The minimum absolute atomic E-state index is 0.00114. The molecule has 152 valence electrons. The van der Waals surface area contributed by atoms with Crippen molar-refractivity contribution in [1.82, 2.24) is 15.0 Å². The first-order valence-electron chi connectivity index (χ1n) is 10.4. The first kappa shape index (κ1) is 19.0. The molecule has 0 aliphatic heterocycles. The molecule has 0 saturated heterocycles. The van der Waals surface area contributed by atoms with Crippen LogP contribution in [0.25, 0.3) is 11.0 Å². The molecule has 2 aromatic heterocycles. The molecule has 0 unspecified atom stereocenters. The van der Waals surface area contributed by atoms with Gasteiger partial charge in [0.05, 0.1) is 12.1 Å². The van der Waals surface area contributed by atoms with Crippen LogP contribution in [0.1, 0.15) is 37.3 Å². The molecule has 1 aliphatic rings. The lowest BCUT2D eigenvalue weighted by Crippen LogP contribution is -2.33. The van der Waals surface area contributed by atoms with Crippen molar-refractivity contribution in [3.8, 4) is 0 Å². The summed E-state index contributed by atoms with van der Waals surface area (Å²) in [5.74, 6) is 0.00114. The highest BCUT2D eigenvalue weighted by Crippen LogP contribution is 2.51. The summed E-state index contributed by atoms with van der Waals surface area (Å²) in [7, 11) is 0. The van der Waals surface area contributed by atoms with Crippen molar-refractivity contribution in [1.29, 1.82) is 0 Å². The number of rotatable bonds is 7. The average Bonchev–Trinajstić information content (AvgIpc) is 3.21. The summed E-state index contributed by atoms with van der Waals surface area (Å²) in [5, 5.41) is 12.5. The van der Waals surface area contributed by atoms with Crippen molar-refractivity contribution < 1.29 is 4.79 Å². The Kier molecular flexibility index (Phi) is 4.87. The summed E-state index contributed by atoms with van der Waals surface area (Å²) in [6.07, 6.45) is 3.70. The van der Waals surface area contributed by atoms with Gasteiger partial charge in [0, 0.05) is 5.69 Å². The summed E-state index contributed by atoms with van der Waals surface area (Å²) < 4.78 is 1.68. The number of carbonyl (C=O) groups is 1. The van der Waals surface area contributed by atoms with Gasteiger partial charge in [-0.3, -0.25) is 4.79 Å². The van der Waals surface area contributed by atoms with E-state index in [2.05, 4.69) is 52.9 Å². The van der Waals surface area contributed by atoms with E-state index in [1.165, 1.54) is 24.8 Å². The predicted octanol–water partition coefficient (Wildman–Crippen LogP) is 5.17. The molecular formula is C24H24N4OS. The number of carbonyl (C=O) groups excluding carboxylic acids is 1. The third kappa shape index (κ3) is 3.52. The van der Waals surface area contributed by atoms with E-state index in [1.54, 1.807) is 16.0 Å². The van der Waals surface area contributed by atoms with E-state index in [1.807, 2.05) is 34.5 Å². The molecule has 1 saturated carbocycles. The summed E-state index contributed by atoms with van der Waals surface area (Å²) >= 11 is 1.65. The minimum Gasteiger partial charge on any atom is -0.306 e. The quantitative estimate of drug-likeness (QED) is 0.418. The largest absolute Gasteiger partial charge is 0.306 e. The first-order valence-corrected chi connectivity index (χ1v) is 11.3. The molecule has 0 spiro atoms. The zero-order valence-corrected chi connectivity index (χ0v) is 17.8. The summed E-state index contributed by atoms with van der Waals surface area (Å²) in [4.78, 5) is 15.2. The molecule has 0 bridgehead atoms. The number of nitrogens with zero attached hydrogens (tertiary/aromatic N) is 4. The van der Waals surface area contributed by atoms with Crippen molar-refractivity contribution in [2.24, 2.45) is 0 Å². The lowest BCUT2D eigenvalue weighted by molar-refractivity contribution is -0.119. The van der Waals surface area contributed by atoms with Gasteiger partial charge in [0.2, 0.25) is 5.91 Å². The Morgan fingerprint density at radius 3 is 2.63 bits per heavy atom. The van der Waals surface area contributed by atoms with Gasteiger partial charge in [0.25, 0.3) is 0 Å². The van der Waals surface area contributed by atoms with Gasteiger partial charge in [-0.25, -0.2) is 4.68 Å². The number of benzene rings is 2. The number of para-hydroxylation sites is 1. The van der Waals surface area contributed by atoms with Crippen LogP contribution >= 0.6 is 11.3 Å². The van der Waals surface area contributed by atoms with Gasteiger partial charge >= 0.3 is 0 Å². The van der Waals surface area contributed by atoms with Crippen LogP contribution in [0.3, 0.4) is 0 Å². The Morgan fingerprint density at radius 1 is 1.13 bits per heavy atom. The summed E-state index contributed by atoms with van der Waals surface area (Å²) in [6, 6.07) is 18.4. The number of aromatic nitrogens is 3. The highest BCUT2D eigenvalue weighted by atomic mass is 32.1. The molecule has 5 rings (SSSR count). The zero-order chi connectivity index (χ0) is 20.6. The third-order valence-corrected chi connectivity index (χ3v) is 6.98. The SMILES string of the molecule is CCC1(c2ccc(N(Cc3ccsc3)C(=O)Cn3nnc4ccccc43)cc2)CC1. The Bertz CT molecular complexity index is 1160. The van der Waals surface area contributed by atoms with E-state index >= 15 is 0 Å². The van der Waals surface area contributed by atoms with Gasteiger partial charge in [-0.1, -0.05) is 36.4 Å². The maximum absolute atomic E-state index is 13.4. The minimum atomic E-state index is 0.00114. The lowest BCUT2D eigenvalue weighted by atomic mass is 9.93. The van der Waals surface area contributed by atoms with Gasteiger partial charge < -0.3 is 4.90 Å². The molecule has 2 heterocycles. The molecule has 4 aromatic rings. The second kappa shape index (κ2) is 7.69. The van der Waals surface area contributed by atoms with Crippen LogP contribution in [0.2, 0.25) is 0 Å². The molecular weight excluding hydrogens is 392 g/mol. The van der Waals surface area contributed by atoms with E-state index in [0.717, 1.165) is 22.3 Å². The van der Waals surface area contributed by atoms with Crippen molar-refractivity contribution in [2.75, 3.05) is 4.90 Å². The van der Waals surface area contributed by atoms with E-state index in [-0.39, 0.29) is 12.5 Å². The highest BCUT2D eigenvalue weighted by Gasteiger charge is 2.42. The number of anilines is 1. The van der Waals surface area contributed by atoms with Gasteiger partial charge in [-0.2, -0.15) is 11.3 Å². The Hall–Kier alpha value is -2.99.